The SMILES string of the molecule is CCCCCCCC/C=C\C/C=C\C/C=C\CCCC(=O)O[C@@H](COC(=O)CCCCCCCCCCCCCCC)COC(=O)CCCCCCCCCCCCCCCCCCCCCCC. The third-order valence-electron chi connectivity index (χ3n) is 13.6. The van der Waals surface area contributed by atoms with Crippen LogP contribution in [0.15, 0.2) is 36.5 Å². The van der Waals surface area contributed by atoms with E-state index in [0.717, 1.165) is 57.8 Å². The number of rotatable bonds is 56. The number of hydrogen-bond donors (Lipinski definition) is 0. The Labute approximate surface area is 429 Å². The monoisotopic (exact) mass is 969 g/mol. The predicted molar refractivity (Wildman–Crippen MR) is 298 cm³/mol. The van der Waals surface area contributed by atoms with Crippen molar-refractivity contribution in [3.63, 3.8) is 0 Å². The minimum atomic E-state index is -0.794. The van der Waals surface area contributed by atoms with Crippen LogP contribution in [0.5, 0.6) is 0 Å². The molecule has 0 amide bonds. The predicted octanol–water partition coefficient (Wildman–Crippen LogP) is 20.4. The molecule has 0 aliphatic heterocycles. The third kappa shape index (κ3) is 56.4. The van der Waals surface area contributed by atoms with Crippen LogP contribution < -0.4 is 0 Å². The second kappa shape index (κ2) is 58.2. The molecule has 0 fully saturated rings. The molecule has 0 N–H and O–H groups in total. The molecule has 0 radical (unpaired) electrons. The highest BCUT2D eigenvalue weighted by atomic mass is 16.6. The van der Waals surface area contributed by atoms with Crippen LogP contribution in [0, 0.1) is 0 Å². The van der Waals surface area contributed by atoms with E-state index >= 15 is 0 Å². The lowest BCUT2D eigenvalue weighted by molar-refractivity contribution is -0.167. The summed E-state index contributed by atoms with van der Waals surface area (Å²) in [5.74, 6) is -0.919. The van der Waals surface area contributed by atoms with Gasteiger partial charge in [-0.2, -0.15) is 0 Å². The largest absolute Gasteiger partial charge is 0.462 e. The Morgan fingerprint density at radius 3 is 0.855 bits per heavy atom. The van der Waals surface area contributed by atoms with Crippen molar-refractivity contribution >= 4 is 17.9 Å². The summed E-state index contributed by atoms with van der Waals surface area (Å²) < 4.78 is 16.9. The van der Waals surface area contributed by atoms with Gasteiger partial charge in [0, 0.05) is 19.3 Å². The van der Waals surface area contributed by atoms with Gasteiger partial charge in [-0.3, -0.25) is 14.4 Å². The third-order valence-corrected chi connectivity index (χ3v) is 13.6. The number of esters is 3. The van der Waals surface area contributed by atoms with Crippen molar-refractivity contribution in [2.45, 2.75) is 335 Å². The van der Waals surface area contributed by atoms with Gasteiger partial charge in [0.25, 0.3) is 0 Å². The van der Waals surface area contributed by atoms with Crippen LogP contribution in [-0.2, 0) is 28.6 Å². The summed E-state index contributed by atoms with van der Waals surface area (Å²) in [6.45, 7) is 6.64. The minimum absolute atomic E-state index is 0.0870. The summed E-state index contributed by atoms with van der Waals surface area (Å²) in [6.07, 6.45) is 70.1. The van der Waals surface area contributed by atoms with Crippen LogP contribution in [0.25, 0.3) is 0 Å². The Morgan fingerprint density at radius 2 is 0.536 bits per heavy atom. The number of allylic oxidation sites excluding steroid dienone is 6. The lowest BCUT2D eigenvalue weighted by atomic mass is 10.0. The molecule has 0 aliphatic carbocycles. The van der Waals surface area contributed by atoms with E-state index in [-0.39, 0.29) is 37.5 Å². The first-order valence-electron chi connectivity index (χ1n) is 30.5. The van der Waals surface area contributed by atoms with Gasteiger partial charge in [-0.15, -0.1) is 0 Å². The molecule has 69 heavy (non-hydrogen) atoms. The quantitative estimate of drug-likeness (QED) is 0.0261. The van der Waals surface area contributed by atoms with Crippen LogP contribution in [0.1, 0.15) is 329 Å². The standard InChI is InChI=1S/C63H116O6/c1-4-7-10-13-16-19-22-25-27-29-30-31-32-34-35-38-41-44-47-50-53-56-62(65)68-59-60(58-67-61(64)55-52-49-46-43-40-37-24-21-18-15-12-9-6-3)69-63(66)57-54-51-48-45-42-39-36-33-28-26-23-20-17-14-11-8-5-2/h26,28,36,39,45,48,60H,4-25,27,29-35,37-38,40-44,46-47,49-59H2,1-3H3/b28-26-,39-36-,48-45-/t60-/m0/s1. The molecule has 0 aromatic carbocycles. The highest BCUT2D eigenvalue weighted by Crippen LogP contribution is 2.17. The topological polar surface area (TPSA) is 78.9 Å². The van der Waals surface area contributed by atoms with Gasteiger partial charge in [0.1, 0.15) is 13.2 Å². The van der Waals surface area contributed by atoms with Crippen molar-refractivity contribution < 1.29 is 28.6 Å². The van der Waals surface area contributed by atoms with E-state index < -0.39 is 6.10 Å². The zero-order chi connectivity index (χ0) is 50.0. The Morgan fingerprint density at radius 1 is 0.290 bits per heavy atom. The van der Waals surface area contributed by atoms with Crippen LogP contribution >= 0.6 is 0 Å². The summed E-state index contributed by atoms with van der Waals surface area (Å²) in [6, 6.07) is 0. The van der Waals surface area contributed by atoms with Gasteiger partial charge in [-0.25, -0.2) is 0 Å². The number of carbonyl (C=O) groups is 3. The average molecular weight is 970 g/mol. The average Bonchev–Trinajstić information content (AvgIpc) is 3.35. The van der Waals surface area contributed by atoms with Crippen molar-refractivity contribution in [1.29, 1.82) is 0 Å². The molecule has 404 valence electrons. The molecular formula is C63H116O6. The van der Waals surface area contributed by atoms with Crippen molar-refractivity contribution in [2.75, 3.05) is 13.2 Å². The fraction of sp³-hybridized carbons (Fsp3) is 0.857. The number of carbonyl (C=O) groups excluding carboxylic acids is 3. The first kappa shape index (κ1) is 66.6. The van der Waals surface area contributed by atoms with E-state index in [4.69, 9.17) is 14.2 Å². The zero-order valence-electron chi connectivity index (χ0n) is 46.3. The molecule has 1 atom stereocenters. The van der Waals surface area contributed by atoms with Crippen molar-refractivity contribution in [2.24, 2.45) is 0 Å². The minimum Gasteiger partial charge on any atom is -0.462 e. The highest BCUT2D eigenvalue weighted by molar-refractivity contribution is 5.71. The molecule has 0 spiro atoms. The van der Waals surface area contributed by atoms with E-state index in [1.807, 2.05) is 0 Å². The Kier molecular flexibility index (Phi) is 56.2. The van der Waals surface area contributed by atoms with E-state index in [1.165, 1.54) is 225 Å². The number of hydrogen-bond acceptors (Lipinski definition) is 6. The molecule has 0 aromatic rings. The van der Waals surface area contributed by atoms with E-state index in [1.54, 1.807) is 0 Å². The van der Waals surface area contributed by atoms with E-state index in [2.05, 4.69) is 57.2 Å². The maximum Gasteiger partial charge on any atom is 0.306 e. The van der Waals surface area contributed by atoms with Crippen LogP contribution in [0.2, 0.25) is 0 Å². The maximum absolute atomic E-state index is 12.8. The summed E-state index contributed by atoms with van der Waals surface area (Å²) in [4.78, 5) is 38.2. The van der Waals surface area contributed by atoms with Crippen LogP contribution in [-0.4, -0.2) is 37.2 Å². The second-order valence-corrected chi connectivity index (χ2v) is 20.6. The normalized spacial score (nSPS) is 12.2. The molecule has 0 aliphatic rings. The van der Waals surface area contributed by atoms with E-state index in [0.29, 0.717) is 19.3 Å². The molecular weight excluding hydrogens is 853 g/mol. The molecule has 0 saturated heterocycles. The fourth-order valence-electron chi connectivity index (χ4n) is 9.05. The van der Waals surface area contributed by atoms with Crippen LogP contribution in [0.4, 0.5) is 0 Å². The smallest absolute Gasteiger partial charge is 0.306 e. The fourth-order valence-corrected chi connectivity index (χ4v) is 9.05. The van der Waals surface area contributed by atoms with Gasteiger partial charge < -0.3 is 14.2 Å². The van der Waals surface area contributed by atoms with Gasteiger partial charge in [-0.05, 0) is 51.4 Å². The van der Waals surface area contributed by atoms with Gasteiger partial charge >= 0.3 is 17.9 Å². The van der Waals surface area contributed by atoms with Gasteiger partial charge in [0.05, 0.1) is 0 Å². The highest BCUT2D eigenvalue weighted by Gasteiger charge is 2.19. The Balaban J connectivity index is 4.34. The summed E-state index contributed by atoms with van der Waals surface area (Å²) >= 11 is 0. The molecule has 0 heterocycles. The van der Waals surface area contributed by atoms with Gasteiger partial charge in [-0.1, -0.05) is 295 Å². The number of unbranched alkanes of at least 4 members (excludes halogenated alkanes) is 39. The van der Waals surface area contributed by atoms with Crippen molar-refractivity contribution in [3.05, 3.63) is 36.5 Å². The molecule has 0 aromatic heterocycles. The molecule has 0 rings (SSSR count). The van der Waals surface area contributed by atoms with E-state index in [9.17, 15) is 14.4 Å². The molecule has 0 saturated carbocycles. The van der Waals surface area contributed by atoms with Crippen LogP contribution in [0.3, 0.4) is 0 Å². The molecule has 0 unspecified atom stereocenters. The first-order valence-corrected chi connectivity index (χ1v) is 30.5. The number of ether oxygens (including phenoxy) is 3. The Bertz CT molecular complexity index is 1160. The molecule has 0 bridgehead atoms. The summed E-state index contributed by atoms with van der Waals surface area (Å²) in [7, 11) is 0. The summed E-state index contributed by atoms with van der Waals surface area (Å²) in [5, 5.41) is 0. The lowest BCUT2D eigenvalue weighted by Crippen LogP contribution is -2.30. The van der Waals surface area contributed by atoms with Crippen molar-refractivity contribution in [1.82, 2.24) is 0 Å². The van der Waals surface area contributed by atoms with Crippen molar-refractivity contribution in [3.8, 4) is 0 Å². The second-order valence-electron chi connectivity index (χ2n) is 20.6. The molecule has 6 nitrogen and oxygen atoms in total. The first-order chi connectivity index (χ1) is 34.0. The van der Waals surface area contributed by atoms with Gasteiger partial charge in [0.15, 0.2) is 6.10 Å². The van der Waals surface area contributed by atoms with Gasteiger partial charge in [0.2, 0.25) is 0 Å². The zero-order valence-corrected chi connectivity index (χ0v) is 46.3. The lowest BCUT2D eigenvalue weighted by Gasteiger charge is -2.18. The molecule has 6 heteroatoms. The summed E-state index contributed by atoms with van der Waals surface area (Å²) in [5.41, 5.74) is 0. The maximum atomic E-state index is 12.8. The Hall–Kier alpha value is -2.37.